The van der Waals surface area contributed by atoms with Crippen LogP contribution in [0, 0.1) is 0 Å². The molecule has 8 heteroatoms. The maximum absolute atomic E-state index is 12.4. The number of carbonyl (C=O) groups excluding carboxylic acids is 2. The predicted octanol–water partition coefficient (Wildman–Crippen LogP) is 0.983. The van der Waals surface area contributed by atoms with Crippen LogP contribution in [-0.2, 0) is 28.7 Å². The number of hydrogen-bond acceptors (Lipinski definition) is 4. The van der Waals surface area contributed by atoms with E-state index in [1.807, 2.05) is 35.4 Å². The maximum Gasteiger partial charge on any atom is 0.220 e. The largest absolute Gasteiger partial charge is 0.343 e. The molecular weight excluding hydrogens is 332 g/mol. The minimum atomic E-state index is -0.434. The van der Waals surface area contributed by atoms with Crippen molar-refractivity contribution in [3.05, 3.63) is 24.4 Å². The molecule has 1 saturated heterocycles. The summed E-state index contributed by atoms with van der Waals surface area (Å²) in [5.74, 6) is 1.09. The SMILES string of the molecule is CC(=O)N1CCC2(CC1)c1ncc(-c3cnn(C)c3)n1CCN2C(C)=O. The summed E-state index contributed by atoms with van der Waals surface area (Å²) in [5, 5.41) is 4.26. The molecule has 0 N–H and O–H groups in total. The quantitative estimate of drug-likeness (QED) is 0.763. The van der Waals surface area contributed by atoms with Crippen molar-refractivity contribution in [3.8, 4) is 11.3 Å². The van der Waals surface area contributed by atoms with Gasteiger partial charge in [-0.25, -0.2) is 4.98 Å². The molecule has 0 aromatic carbocycles. The summed E-state index contributed by atoms with van der Waals surface area (Å²) < 4.78 is 4.00. The van der Waals surface area contributed by atoms with Crippen LogP contribution in [0.15, 0.2) is 18.6 Å². The van der Waals surface area contributed by atoms with Gasteiger partial charge in [0.1, 0.15) is 11.4 Å². The lowest BCUT2D eigenvalue weighted by Crippen LogP contribution is -2.59. The molecule has 0 atom stereocenters. The maximum atomic E-state index is 12.4. The Labute approximate surface area is 152 Å². The fourth-order valence-electron chi connectivity index (χ4n) is 4.44. The van der Waals surface area contributed by atoms with E-state index in [9.17, 15) is 9.59 Å². The Kier molecular flexibility index (Phi) is 3.86. The lowest BCUT2D eigenvalue weighted by molar-refractivity contribution is -0.143. The molecule has 26 heavy (non-hydrogen) atoms. The first-order valence-electron chi connectivity index (χ1n) is 9.01. The molecule has 1 spiro atoms. The standard InChI is InChI=1S/C18H24N6O2/c1-13(25)22-6-4-18(5-7-22)17-19-11-16(15-10-20-21(3)12-15)23(17)8-9-24(18)14(2)26/h10-12H,4-9H2,1-3H3. The van der Waals surface area contributed by atoms with Gasteiger partial charge in [-0.15, -0.1) is 0 Å². The number of likely N-dealkylation sites (tertiary alicyclic amines) is 1. The van der Waals surface area contributed by atoms with Crippen molar-refractivity contribution < 1.29 is 9.59 Å². The summed E-state index contributed by atoms with van der Waals surface area (Å²) in [6, 6.07) is 0. The van der Waals surface area contributed by atoms with Crippen LogP contribution < -0.4 is 0 Å². The van der Waals surface area contributed by atoms with Crippen LogP contribution in [0.4, 0.5) is 0 Å². The minimum absolute atomic E-state index is 0.0680. The zero-order chi connectivity index (χ0) is 18.5. The van der Waals surface area contributed by atoms with E-state index in [1.165, 1.54) is 0 Å². The number of imidazole rings is 1. The Hall–Kier alpha value is -2.64. The number of piperidine rings is 1. The molecule has 0 radical (unpaired) electrons. The third-order valence-corrected chi connectivity index (χ3v) is 5.75. The summed E-state index contributed by atoms with van der Waals surface area (Å²) in [6.45, 7) is 5.90. The van der Waals surface area contributed by atoms with Gasteiger partial charge in [0.2, 0.25) is 11.8 Å². The highest BCUT2D eigenvalue weighted by Gasteiger charge is 2.48. The van der Waals surface area contributed by atoms with Crippen LogP contribution in [-0.4, -0.2) is 60.6 Å². The second-order valence-corrected chi connectivity index (χ2v) is 7.23. The van der Waals surface area contributed by atoms with Crippen molar-refractivity contribution in [3.63, 3.8) is 0 Å². The first-order chi connectivity index (χ1) is 12.4. The van der Waals surface area contributed by atoms with E-state index in [0.29, 0.717) is 19.6 Å². The number of rotatable bonds is 1. The predicted molar refractivity (Wildman–Crippen MR) is 95.0 cm³/mol. The van der Waals surface area contributed by atoms with Gasteiger partial charge in [-0.05, 0) is 12.8 Å². The monoisotopic (exact) mass is 356 g/mol. The van der Waals surface area contributed by atoms with Crippen molar-refractivity contribution in [2.45, 2.75) is 38.8 Å². The van der Waals surface area contributed by atoms with Crippen LogP contribution in [0.25, 0.3) is 11.3 Å². The zero-order valence-corrected chi connectivity index (χ0v) is 15.5. The Morgan fingerprint density at radius 1 is 1.04 bits per heavy atom. The summed E-state index contributed by atoms with van der Waals surface area (Å²) in [6.07, 6.45) is 7.14. The molecule has 0 aliphatic carbocycles. The Morgan fingerprint density at radius 2 is 1.77 bits per heavy atom. The highest BCUT2D eigenvalue weighted by molar-refractivity contribution is 5.75. The molecule has 138 valence electrons. The average Bonchev–Trinajstić information content (AvgIpc) is 3.22. The number of aromatic nitrogens is 4. The molecule has 2 amide bonds. The number of nitrogens with zero attached hydrogens (tertiary/aromatic N) is 6. The number of aryl methyl sites for hydroxylation is 1. The van der Waals surface area contributed by atoms with E-state index < -0.39 is 5.54 Å². The van der Waals surface area contributed by atoms with Gasteiger partial charge >= 0.3 is 0 Å². The van der Waals surface area contributed by atoms with Crippen molar-refractivity contribution in [1.29, 1.82) is 0 Å². The summed E-state index contributed by atoms with van der Waals surface area (Å²) in [7, 11) is 1.90. The average molecular weight is 356 g/mol. The van der Waals surface area contributed by atoms with Gasteiger partial charge < -0.3 is 14.4 Å². The highest BCUT2D eigenvalue weighted by atomic mass is 16.2. The van der Waals surface area contributed by atoms with Crippen LogP contribution in [0.5, 0.6) is 0 Å². The van der Waals surface area contributed by atoms with Crippen molar-refractivity contribution >= 4 is 11.8 Å². The molecule has 0 unspecified atom stereocenters. The first-order valence-corrected chi connectivity index (χ1v) is 9.01. The van der Waals surface area contributed by atoms with Crippen molar-refractivity contribution in [1.82, 2.24) is 29.1 Å². The molecule has 0 saturated carbocycles. The molecule has 0 bridgehead atoms. The Balaban J connectivity index is 1.77. The summed E-state index contributed by atoms with van der Waals surface area (Å²) in [5.41, 5.74) is 1.62. The topological polar surface area (TPSA) is 76.3 Å². The van der Waals surface area contributed by atoms with E-state index in [2.05, 4.69) is 9.67 Å². The molecule has 4 heterocycles. The van der Waals surface area contributed by atoms with E-state index in [1.54, 1.807) is 18.5 Å². The van der Waals surface area contributed by atoms with E-state index in [0.717, 1.165) is 36.5 Å². The number of amides is 2. The zero-order valence-electron chi connectivity index (χ0n) is 15.5. The fourth-order valence-corrected chi connectivity index (χ4v) is 4.44. The van der Waals surface area contributed by atoms with Crippen LogP contribution in [0.1, 0.15) is 32.5 Å². The second kappa shape index (κ2) is 5.96. The van der Waals surface area contributed by atoms with Crippen LogP contribution in [0.2, 0.25) is 0 Å². The van der Waals surface area contributed by atoms with Gasteiger partial charge in [-0.1, -0.05) is 0 Å². The summed E-state index contributed by atoms with van der Waals surface area (Å²) in [4.78, 5) is 32.7. The number of carbonyl (C=O) groups is 2. The molecule has 2 aliphatic rings. The molecule has 1 fully saturated rings. The van der Waals surface area contributed by atoms with E-state index in [-0.39, 0.29) is 11.8 Å². The van der Waals surface area contributed by atoms with Gasteiger partial charge in [-0.2, -0.15) is 5.10 Å². The molecular formula is C18H24N6O2. The van der Waals surface area contributed by atoms with Crippen molar-refractivity contribution in [2.75, 3.05) is 19.6 Å². The lowest BCUT2D eigenvalue weighted by atomic mass is 9.83. The van der Waals surface area contributed by atoms with Gasteiger partial charge in [0.15, 0.2) is 0 Å². The number of fused-ring (bicyclic) bond motifs is 2. The van der Waals surface area contributed by atoms with E-state index >= 15 is 0 Å². The van der Waals surface area contributed by atoms with Gasteiger partial charge in [-0.3, -0.25) is 14.3 Å². The molecule has 8 nitrogen and oxygen atoms in total. The smallest absolute Gasteiger partial charge is 0.220 e. The second-order valence-electron chi connectivity index (χ2n) is 7.23. The minimum Gasteiger partial charge on any atom is -0.343 e. The van der Waals surface area contributed by atoms with Crippen molar-refractivity contribution in [2.24, 2.45) is 7.05 Å². The van der Waals surface area contributed by atoms with Gasteiger partial charge in [0.25, 0.3) is 0 Å². The number of hydrogen-bond donors (Lipinski definition) is 0. The molecule has 2 aromatic rings. The fraction of sp³-hybridized carbons (Fsp3) is 0.556. The molecule has 2 aliphatic heterocycles. The van der Waals surface area contributed by atoms with Crippen LogP contribution >= 0.6 is 0 Å². The summed E-state index contributed by atoms with van der Waals surface area (Å²) >= 11 is 0. The lowest BCUT2D eigenvalue weighted by Gasteiger charge is -2.50. The highest BCUT2D eigenvalue weighted by Crippen LogP contribution is 2.42. The third-order valence-electron chi connectivity index (χ3n) is 5.75. The first kappa shape index (κ1) is 16.8. The normalized spacial score (nSPS) is 18.9. The molecule has 2 aromatic heterocycles. The Morgan fingerprint density at radius 3 is 2.35 bits per heavy atom. The third kappa shape index (κ3) is 2.43. The van der Waals surface area contributed by atoms with E-state index in [4.69, 9.17) is 4.98 Å². The molecule has 4 rings (SSSR count). The van der Waals surface area contributed by atoms with Crippen LogP contribution in [0.3, 0.4) is 0 Å². The van der Waals surface area contributed by atoms with Gasteiger partial charge in [0, 0.05) is 58.8 Å². The van der Waals surface area contributed by atoms with Gasteiger partial charge in [0.05, 0.1) is 18.1 Å². The Bertz CT molecular complexity index is 859.